The van der Waals surface area contributed by atoms with Crippen LogP contribution in [-0.2, 0) is 6.42 Å². The van der Waals surface area contributed by atoms with Crippen LogP contribution in [0.4, 0.5) is 17.1 Å². The lowest BCUT2D eigenvalue weighted by Crippen LogP contribution is -2.11. The molecule has 1 aliphatic rings. The zero-order chi connectivity index (χ0) is 47.1. The van der Waals surface area contributed by atoms with E-state index in [0.29, 0.717) is 3.92 Å². The summed E-state index contributed by atoms with van der Waals surface area (Å²) in [7, 11) is 0. The number of hydrogen-bond acceptors (Lipinski definition) is 3. The zero-order valence-corrected chi connectivity index (χ0v) is 40.8. The molecule has 9 aromatic carbocycles. The van der Waals surface area contributed by atoms with E-state index in [0.717, 1.165) is 92.5 Å². The fourth-order valence-electron chi connectivity index (χ4n) is 9.73. The SMILES string of the molecule is C=Cc1cc(N(c2ccc(Oc3ccccc3)cc2)c2cccc(-c3ccccc3-c3cccc(C(=N)N=C(C[C@@H](C)I)c4ccccc4)c3)c2)cc2c1-c1ccccc1C(c1ccccc1)CC2. The average Bonchev–Trinajstić information content (AvgIpc) is 3.57. The van der Waals surface area contributed by atoms with Gasteiger partial charge in [0.05, 0.1) is 5.71 Å². The predicted octanol–water partition coefficient (Wildman–Crippen LogP) is 17.7. The molecule has 0 aliphatic heterocycles. The van der Waals surface area contributed by atoms with Crippen LogP contribution in [0.1, 0.15) is 59.1 Å². The van der Waals surface area contributed by atoms with Crippen LogP contribution < -0.4 is 9.64 Å². The highest BCUT2D eigenvalue weighted by Crippen LogP contribution is 2.47. The highest BCUT2D eigenvalue weighted by Gasteiger charge is 2.27. The van der Waals surface area contributed by atoms with E-state index >= 15 is 0 Å². The third kappa shape index (κ3) is 10.0. The Balaban J connectivity index is 1.06. The number of aryl methyl sites for hydroxylation is 1. The summed E-state index contributed by atoms with van der Waals surface area (Å²) in [6, 6.07) is 78.7. The molecule has 10 rings (SSSR count). The second kappa shape index (κ2) is 20.7. The van der Waals surface area contributed by atoms with Crippen LogP contribution in [-0.4, -0.2) is 15.5 Å². The Morgan fingerprint density at radius 3 is 1.91 bits per heavy atom. The lowest BCUT2D eigenvalue weighted by Gasteiger charge is -2.28. The second-order valence-corrected chi connectivity index (χ2v) is 19.7. The van der Waals surface area contributed by atoms with Crippen molar-refractivity contribution in [3.05, 3.63) is 264 Å². The molecule has 69 heavy (non-hydrogen) atoms. The molecule has 1 unspecified atom stereocenters. The first kappa shape index (κ1) is 45.2. The number of benzene rings is 9. The molecule has 0 heterocycles. The topological polar surface area (TPSA) is 48.7 Å². The number of ether oxygens (including phenoxy) is 1. The van der Waals surface area contributed by atoms with Gasteiger partial charge < -0.3 is 9.64 Å². The van der Waals surface area contributed by atoms with E-state index < -0.39 is 0 Å². The average molecular weight is 1010 g/mol. The monoisotopic (exact) mass is 1010 g/mol. The van der Waals surface area contributed by atoms with Gasteiger partial charge >= 0.3 is 0 Å². The van der Waals surface area contributed by atoms with Crippen LogP contribution in [0.25, 0.3) is 39.5 Å². The van der Waals surface area contributed by atoms with Gasteiger partial charge in [0, 0.05) is 38.9 Å². The maximum Gasteiger partial charge on any atom is 0.152 e. The Hall–Kier alpha value is -7.61. The summed E-state index contributed by atoms with van der Waals surface area (Å²) in [4.78, 5) is 7.30. The lowest BCUT2D eigenvalue weighted by atomic mass is 9.85. The first-order valence-electron chi connectivity index (χ1n) is 23.6. The molecular formula is C64H52IN3O. The summed E-state index contributed by atoms with van der Waals surface area (Å²) < 4.78 is 6.66. The molecule has 1 aliphatic carbocycles. The van der Waals surface area contributed by atoms with Gasteiger partial charge in [-0.05, 0) is 141 Å². The number of nitrogens with one attached hydrogen (secondary N) is 1. The van der Waals surface area contributed by atoms with Crippen molar-refractivity contribution in [2.75, 3.05) is 4.90 Å². The van der Waals surface area contributed by atoms with Crippen molar-refractivity contribution in [1.29, 1.82) is 5.41 Å². The number of para-hydroxylation sites is 1. The van der Waals surface area contributed by atoms with Crippen LogP contribution in [0.15, 0.2) is 236 Å². The third-order valence-electron chi connectivity index (χ3n) is 12.9. The number of amidine groups is 1. The smallest absolute Gasteiger partial charge is 0.152 e. The minimum Gasteiger partial charge on any atom is -0.457 e. The lowest BCUT2D eigenvalue weighted by molar-refractivity contribution is 0.483. The summed E-state index contributed by atoms with van der Waals surface area (Å²) in [5.74, 6) is 2.08. The van der Waals surface area contributed by atoms with Crippen molar-refractivity contribution in [1.82, 2.24) is 0 Å². The summed E-state index contributed by atoms with van der Waals surface area (Å²) in [6.07, 6.45) is 4.70. The summed E-state index contributed by atoms with van der Waals surface area (Å²) in [6.45, 7) is 6.59. The molecule has 0 spiro atoms. The van der Waals surface area contributed by atoms with Crippen molar-refractivity contribution in [2.24, 2.45) is 4.99 Å². The third-order valence-corrected chi connectivity index (χ3v) is 13.4. The quantitative estimate of drug-likeness (QED) is 0.0541. The minimum atomic E-state index is 0.252. The molecule has 0 radical (unpaired) electrons. The highest BCUT2D eigenvalue weighted by molar-refractivity contribution is 14.1. The molecule has 4 nitrogen and oxygen atoms in total. The van der Waals surface area contributed by atoms with Gasteiger partial charge in [0.15, 0.2) is 5.84 Å². The maximum absolute atomic E-state index is 9.21. The number of nitrogens with zero attached hydrogens (tertiary/aromatic N) is 2. The molecule has 0 aromatic heterocycles. The van der Waals surface area contributed by atoms with E-state index in [1.165, 1.54) is 27.8 Å². The Labute approximate surface area is 420 Å². The van der Waals surface area contributed by atoms with Crippen LogP contribution in [0.5, 0.6) is 11.5 Å². The van der Waals surface area contributed by atoms with Crippen molar-refractivity contribution >= 4 is 57.3 Å². The van der Waals surface area contributed by atoms with Crippen LogP contribution in [0.3, 0.4) is 0 Å². The van der Waals surface area contributed by atoms with Crippen molar-refractivity contribution in [3.63, 3.8) is 0 Å². The van der Waals surface area contributed by atoms with E-state index in [-0.39, 0.29) is 11.8 Å². The Bertz CT molecular complexity index is 3290. The summed E-state index contributed by atoms with van der Waals surface area (Å²) >= 11 is 2.44. The zero-order valence-electron chi connectivity index (χ0n) is 38.6. The van der Waals surface area contributed by atoms with Gasteiger partial charge in [0.25, 0.3) is 0 Å². The molecule has 0 saturated heterocycles. The molecule has 0 saturated carbocycles. The number of aliphatic imine (C=N–C) groups is 1. The van der Waals surface area contributed by atoms with Crippen molar-refractivity contribution in [2.45, 2.75) is 36.0 Å². The normalized spacial score (nSPS) is 13.6. The largest absolute Gasteiger partial charge is 0.457 e. The number of halogens is 1. The number of anilines is 3. The fourth-order valence-corrected chi connectivity index (χ4v) is 10.2. The van der Waals surface area contributed by atoms with Crippen LogP contribution in [0, 0.1) is 5.41 Å². The number of hydrogen-bond donors (Lipinski definition) is 1. The molecule has 0 amide bonds. The van der Waals surface area contributed by atoms with E-state index in [2.05, 4.69) is 193 Å². The minimum absolute atomic E-state index is 0.252. The number of rotatable bonds is 13. The van der Waals surface area contributed by atoms with Crippen molar-refractivity contribution < 1.29 is 4.74 Å². The Morgan fingerprint density at radius 1 is 0.623 bits per heavy atom. The van der Waals surface area contributed by atoms with Gasteiger partial charge in [0.2, 0.25) is 0 Å². The van der Waals surface area contributed by atoms with E-state index in [9.17, 15) is 5.41 Å². The van der Waals surface area contributed by atoms with Gasteiger partial charge in [-0.25, -0.2) is 4.99 Å². The predicted molar refractivity (Wildman–Crippen MR) is 299 cm³/mol. The van der Waals surface area contributed by atoms with Gasteiger partial charge in [0.1, 0.15) is 11.5 Å². The van der Waals surface area contributed by atoms with Crippen molar-refractivity contribution in [3.8, 4) is 44.9 Å². The van der Waals surface area contributed by atoms with E-state index in [4.69, 9.17) is 9.73 Å². The molecule has 1 N–H and O–H groups in total. The molecular weight excluding hydrogens is 954 g/mol. The first-order chi connectivity index (χ1) is 33.9. The molecule has 0 fully saturated rings. The van der Waals surface area contributed by atoms with Gasteiger partial charge in [-0.15, -0.1) is 0 Å². The number of alkyl halides is 1. The van der Waals surface area contributed by atoms with E-state index in [1.54, 1.807) is 0 Å². The first-order valence-corrected chi connectivity index (χ1v) is 24.9. The molecule has 336 valence electrons. The Morgan fingerprint density at radius 2 is 1.22 bits per heavy atom. The molecule has 9 aromatic rings. The van der Waals surface area contributed by atoms with Crippen LogP contribution in [0.2, 0.25) is 0 Å². The molecule has 0 bridgehead atoms. The maximum atomic E-state index is 9.21. The standard InChI is InChI=1S/C64H52IN3O/c1-3-45-41-54(43-50-33-38-59(46-19-7-4-8-20-46)60-31-15-16-32-61(60)63(45)50)68(52-34-36-56(37-35-52)69-55-27-11-6-12-28-55)53-26-18-24-49(42-53)58-30-14-13-29-57(58)48-23-17-25-51(40-48)64(66)67-62(39-44(2)65)47-21-9-5-10-22-47/h3-32,34-37,40-44,59,66H,1,33,38-39H2,2H3/t44-,59?/m1/s1. The van der Waals surface area contributed by atoms with E-state index in [1.807, 2.05) is 78.9 Å². The highest BCUT2D eigenvalue weighted by atomic mass is 127. The molecule has 2 atom stereocenters. The number of fused-ring (bicyclic) bond motifs is 3. The Kier molecular flexibility index (Phi) is 13.6. The summed E-state index contributed by atoms with van der Waals surface area (Å²) in [5.41, 5.74) is 17.7. The molecule has 5 heteroatoms. The second-order valence-electron chi connectivity index (χ2n) is 17.5. The van der Waals surface area contributed by atoms with Gasteiger partial charge in [-0.2, -0.15) is 0 Å². The fraction of sp³-hybridized carbons (Fsp3) is 0.0938. The summed E-state index contributed by atoms with van der Waals surface area (Å²) in [5, 5.41) is 9.21. The van der Waals surface area contributed by atoms with Crippen LogP contribution >= 0.6 is 22.6 Å². The van der Waals surface area contributed by atoms with Gasteiger partial charge in [-0.1, -0.05) is 200 Å². The van der Waals surface area contributed by atoms with Gasteiger partial charge in [-0.3, -0.25) is 5.41 Å².